The summed E-state index contributed by atoms with van der Waals surface area (Å²) in [4.78, 5) is 22.2. The second-order valence-electron chi connectivity index (χ2n) is 5.51. The number of aryl methyl sites for hydroxylation is 1. The van der Waals surface area contributed by atoms with E-state index in [4.69, 9.17) is 11.6 Å². The summed E-state index contributed by atoms with van der Waals surface area (Å²) in [6.45, 7) is 6.29. The number of hydrogen-bond acceptors (Lipinski definition) is 4. The third kappa shape index (κ3) is 4.63. The van der Waals surface area contributed by atoms with Gasteiger partial charge in [-0.2, -0.15) is 13.2 Å². The average Bonchev–Trinajstić information content (AvgIpc) is 2.56. The average molecular weight is 387 g/mol. The molecule has 1 amide bonds. The number of halogens is 4. The number of carbonyl (C=O) groups excluding carboxylic acids is 1. The van der Waals surface area contributed by atoms with E-state index in [1.165, 1.54) is 18.2 Å². The highest BCUT2D eigenvalue weighted by Gasteiger charge is 2.34. The molecule has 0 bridgehead atoms. The minimum atomic E-state index is -4.60. The number of carbonyl (C=O) groups is 1. The maximum Gasteiger partial charge on any atom is 0.418 e. The smallest absolute Gasteiger partial charge is 0.338 e. The fraction of sp³-hybridized carbons (Fsp3) is 0.353. The molecule has 9 heteroatoms. The number of nitrogens with zero attached hydrogens (tertiary/aromatic N) is 3. The lowest BCUT2D eigenvalue weighted by molar-refractivity contribution is -0.136. The third-order valence-corrected chi connectivity index (χ3v) is 3.89. The summed E-state index contributed by atoms with van der Waals surface area (Å²) in [7, 11) is 0. The van der Waals surface area contributed by atoms with Gasteiger partial charge >= 0.3 is 6.18 Å². The summed E-state index contributed by atoms with van der Waals surface area (Å²) in [6, 6.07) is 4.85. The molecule has 0 unspecified atom stereocenters. The van der Waals surface area contributed by atoms with Crippen molar-refractivity contribution in [1.29, 1.82) is 0 Å². The van der Waals surface area contributed by atoms with Crippen LogP contribution in [0.3, 0.4) is 0 Å². The topological polar surface area (TPSA) is 58.1 Å². The summed E-state index contributed by atoms with van der Waals surface area (Å²) in [5, 5.41) is 2.51. The van der Waals surface area contributed by atoms with Crippen LogP contribution in [0.4, 0.5) is 24.8 Å². The summed E-state index contributed by atoms with van der Waals surface area (Å²) >= 11 is 5.68. The first kappa shape index (κ1) is 20.0. The first-order chi connectivity index (χ1) is 12.2. The van der Waals surface area contributed by atoms with Gasteiger partial charge in [0, 0.05) is 23.8 Å². The number of anilines is 2. The largest absolute Gasteiger partial charge is 0.418 e. The van der Waals surface area contributed by atoms with Crippen molar-refractivity contribution in [2.24, 2.45) is 0 Å². The monoisotopic (exact) mass is 386 g/mol. The molecule has 0 saturated carbocycles. The second kappa shape index (κ2) is 7.90. The number of nitrogens with one attached hydrogen (secondary N) is 1. The summed E-state index contributed by atoms with van der Waals surface area (Å²) in [5.74, 6) is -0.399. The fourth-order valence-corrected chi connectivity index (χ4v) is 2.56. The molecule has 1 aromatic heterocycles. The second-order valence-corrected chi connectivity index (χ2v) is 5.94. The van der Waals surface area contributed by atoms with Crippen molar-refractivity contribution in [3.63, 3.8) is 0 Å². The number of alkyl halides is 3. The molecule has 1 aromatic carbocycles. The van der Waals surface area contributed by atoms with Gasteiger partial charge in [-0.25, -0.2) is 9.97 Å². The van der Waals surface area contributed by atoms with E-state index in [0.29, 0.717) is 18.8 Å². The van der Waals surface area contributed by atoms with Gasteiger partial charge in [-0.1, -0.05) is 11.6 Å². The van der Waals surface area contributed by atoms with Crippen molar-refractivity contribution < 1.29 is 18.0 Å². The van der Waals surface area contributed by atoms with Gasteiger partial charge in [0.2, 0.25) is 5.95 Å². The van der Waals surface area contributed by atoms with Crippen LogP contribution < -0.4 is 5.32 Å². The lowest BCUT2D eigenvalue weighted by atomic mass is 10.1. The Morgan fingerprint density at radius 3 is 2.42 bits per heavy atom. The van der Waals surface area contributed by atoms with Gasteiger partial charge in [-0.05, 0) is 45.0 Å². The summed E-state index contributed by atoms with van der Waals surface area (Å²) in [6.07, 6.45) is -4.60. The molecule has 26 heavy (non-hydrogen) atoms. The Bertz CT molecular complexity index is 807. The van der Waals surface area contributed by atoms with Crippen LogP contribution in [0.1, 0.15) is 35.6 Å². The number of amides is 1. The van der Waals surface area contributed by atoms with Crippen molar-refractivity contribution in [3.05, 3.63) is 46.2 Å². The van der Waals surface area contributed by atoms with Crippen LogP contribution in [-0.4, -0.2) is 33.9 Å². The fourth-order valence-electron chi connectivity index (χ4n) is 2.39. The molecule has 2 rings (SSSR count). The molecule has 0 aliphatic carbocycles. The molecule has 0 saturated heterocycles. The number of benzene rings is 1. The zero-order chi connectivity index (χ0) is 19.5. The van der Waals surface area contributed by atoms with Gasteiger partial charge in [0.05, 0.1) is 11.3 Å². The van der Waals surface area contributed by atoms with Crippen LogP contribution in [-0.2, 0) is 6.18 Å². The van der Waals surface area contributed by atoms with E-state index in [1.54, 1.807) is 11.8 Å². The summed E-state index contributed by atoms with van der Waals surface area (Å²) in [5.41, 5.74) is -0.604. The van der Waals surface area contributed by atoms with Crippen LogP contribution in [0.15, 0.2) is 24.3 Å². The molecule has 0 aliphatic rings. The van der Waals surface area contributed by atoms with Gasteiger partial charge in [-0.3, -0.25) is 4.79 Å². The van der Waals surface area contributed by atoms with Crippen molar-refractivity contribution in [2.45, 2.75) is 26.9 Å². The van der Waals surface area contributed by atoms with Crippen LogP contribution in [0.25, 0.3) is 0 Å². The van der Waals surface area contributed by atoms with E-state index in [1.807, 2.05) is 13.8 Å². The molecule has 0 radical (unpaired) electrons. The van der Waals surface area contributed by atoms with Crippen LogP contribution in [0.2, 0.25) is 5.02 Å². The van der Waals surface area contributed by atoms with Gasteiger partial charge in [0.1, 0.15) is 5.69 Å². The van der Waals surface area contributed by atoms with Gasteiger partial charge in [-0.15, -0.1) is 0 Å². The lowest BCUT2D eigenvalue weighted by Gasteiger charge is -2.19. The van der Waals surface area contributed by atoms with Crippen molar-refractivity contribution >= 4 is 29.1 Å². The van der Waals surface area contributed by atoms with Crippen molar-refractivity contribution in [2.75, 3.05) is 18.4 Å². The van der Waals surface area contributed by atoms with E-state index in [0.717, 1.165) is 6.07 Å². The van der Waals surface area contributed by atoms with Gasteiger partial charge in [0.15, 0.2) is 0 Å². The molecule has 0 aliphatic heterocycles. The normalized spacial score (nSPS) is 11.3. The van der Waals surface area contributed by atoms with E-state index in [-0.39, 0.29) is 28.3 Å². The molecule has 1 N–H and O–H groups in total. The molecule has 140 valence electrons. The van der Waals surface area contributed by atoms with Crippen molar-refractivity contribution in [3.8, 4) is 0 Å². The highest BCUT2D eigenvalue weighted by Crippen LogP contribution is 2.37. The highest BCUT2D eigenvalue weighted by atomic mass is 35.5. The third-order valence-electron chi connectivity index (χ3n) is 3.66. The van der Waals surface area contributed by atoms with E-state index >= 15 is 0 Å². The maximum atomic E-state index is 13.2. The Labute approximate surface area is 154 Å². The Balaban J connectivity index is 2.41. The Kier molecular flexibility index (Phi) is 6.07. The molecule has 0 atom stereocenters. The minimum absolute atomic E-state index is 0.0366. The Morgan fingerprint density at radius 1 is 1.19 bits per heavy atom. The van der Waals surface area contributed by atoms with E-state index in [2.05, 4.69) is 15.3 Å². The Morgan fingerprint density at radius 2 is 1.85 bits per heavy atom. The molecule has 5 nitrogen and oxygen atoms in total. The van der Waals surface area contributed by atoms with E-state index in [9.17, 15) is 18.0 Å². The molecule has 0 spiro atoms. The molecular formula is C17H18ClF3N4O. The SMILES string of the molecule is CCN(CC)C(=O)c1cc(C)nc(Nc2ccc(Cl)cc2C(F)(F)F)n1. The van der Waals surface area contributed by atoms with Gasteiger partial charge in [0.25, 0.3) is 5.91 Å². The minimum Gasteiger partial charge on any atom is -0.338 e. The maximum absolute atomic E-state index is 13.2. The number of rotatable bonds is 5. The van der Waals surface area contributed by atoms with Crippen molar-refractivity contribution in [1.82, 2.24) is 14.9 Å². The molecular weight excluding hydrogens is 369 g/mol. The zero-order valence-electron chi connectivity index (χ0n) is 14.5. The number of aromatic nitrogens is 2. The van der Waals surface area contributed by atoms with Crippen LogP contribution in [0, 0.1) is 6.92 Å². The summed E-state index contributed by atoms with van der Waals surface area (Å²) < 4.78 is 39.6. The molecule has 2 aromatic rings. The Hall–Kier alpha value is -2.35. The molecule has 1 heterocycles. The first-order valence-electron chi connectivity index (χ1n) is 7.94. The quantitative estimate of drug-likeness (QED) is 0.810. The number of hydrogen-bond donors (Lipinski definition) is 1. The van der Waals surface area contributed by atoms with Crippen LogP contribution >= 0.6 is 11.6 Å². The van der Waals surface area contributed by atoms with E-state index < -0.39 is 11.7 Å². The standard InChI is InChI=1S/C17H18ClF3N4O/c1-4-25(5-2)15(26)14-8-10(3)22-16(24-14)23-13-7-6-11(18)9-12(13)17(19,20)21/h6-9H,4-5H2,1-3H3,(H,22,23,24). The predicted molar refractivity (Wildman–Crippen MR) is 93.8 cm³/mol. The van der Waals surface area contributed by atoms with Gasteiger partial charge < -0.3 is 10.2 Å². The highest BCUT2D eigenvalue weighted by molar-refractivity contribution is 6.30. The van der Waals surface area contributed by atoms with Crippen LogP contribution in [0.5, 0.6) is 0 Å². The zero-order valence-corrected chi connectivity index (χ0v) is 15.2. The molecule has 0 fully saturated rings. The predicted octanol–water partition coefficient (Wildman–Crippen LogP) is 4.68. The lowest BCUT2D eigenvalue weighted by Crippen LogP contribution is -2.31. The first-order valence-corrected chi connectivity index (χ1v) is 8.32.